The largest absolute Gasteiger partial charge is 1.00 e. The van der Waals surface area contributed by atoms with E-state index in [2.05, 4.69) is 0 Å². The van der Waals surface area contributed by atoms with Crippen LogP contribution in [0.4, 0.5) is 0 Å². The first-order valence-electron chi connectivity index (χ1n) is 13.0. The van der Waals surface area contributed by atoms with E-state index in [1.165, 1.54) is 0 Å². The molecule has 0 aromatic heterocycles. The number of aliphatic hydroxyl groups excluding tert-OH is 4. The maximum absolute atomic E-state index is 12.6. The van der Waals surface area contributed by atoms with Crippen LogP contribution in [0.25, 0.3) is 0 Å². The average molecular weight is 717 g/mol. The average Bonchev–Trinajstić information content (AvgIpc) is 3.67. The van der Waals surface area contributed by atoms with Crippen molar-refractivity contribution in [3.8, 4) is 23.0 Å². The molecule has 0 bridgehead atoms. The number of thioether (sulfide) groups is 4. The molecule has 6 rings (SSSR count). The number of carboxylic acids is 2. The van der Waals surface area contributed by atoms with Crippen molar-refractivity contribution in [2.45, 2.75) is 73.4 Å². The first kappa shape index (κ1) is 37.6. The van der Waals surface area contributed by atoms with Crippen LogP contribution in [0.1, 0.15) is 59.5 Å². The fraction of sp³-hybridized carbons (Fsp3) is 0.481. The third kappa shape index (κ3) is 6.13. The third-order valence-electron chi connectivity index (χ3n) is 7.10. The number of hydrogen-bond acceptors (Lipinski definition) is 16. The molecular formula is C27H26Na2O12S4. The number of hydrogen-bond donors (Lipinski definition) is 4. The van der Waals surface area contributed by atoms with E-state index in [-0.39, 0.29) is 109 Å². The van der Waals surface area contributed by atoms with Crippen LogP contribution in [0.15, 0.2) is 19.6 Å². The molecule has 45 heavy (non-hydrogen) atoms. The Morgan fingerprint density at radius 3 is 1.24 bits per heavy atom. The Kier molecular flexibility index (Phi) is 10.8. The molecule has 0 unspecified atom stereocenters. The molecule has 0 radical (unpaired) electrons. The number of aliphatic hydroxyl groups is 4. The van der Waals surface area contributed by atoms with Crippen LogP contribution in [0.2, 0.25) is 0 Å². The number of aromatic carboxylic acids is 2. The van der Waals surface area contributed by atoms with Gasteiger partial charge in [0.15, 0.2) is 23.0 Å². The number of benzene rings is 2. The minimum absolute atomic E-state index is 0. The van der Waals surface area contributed by atoms with Gasteiger partial charge in [0.1, 0.15) is 8.16 Å². The minimum Gasteiger partial charge on any atom is -0.545 e. The van der Waals surface area contributed by atoms with Gasteiger partial charge in [0.25, 0.3) is 0 Å². The standard InChI is InChI=1S/C27H28O12S4.2Na/c1-24(2)36-14-10(15-17(39-25(3,4)37-15)12(22(32)33)16(14)38-24)5-11-18-20(42-26(6-28,7-29)40-18)13(23(34)35)21-19(11)41-27(8-30,9-31)43-21;;/h28-31H,5-9H2,1-4H3,(H,32,33)(H,34,35);;/q;2*+1/p-2. The zero-order chi connectivity index (χ0) is 31.3. The smallest absolute Gasteiger partial charge is 0.545 e. The van der Waals surface area contributed by atoms with Gasteiger partial charge in [-0.05, 0) is 5.56 Å². The molecular weight excluding hydrogens is 691 g/mol. The maximum Gasteiger partial charge on any atom is 1.00 e. The van der Waals surface area contributed by atoms with Gasteiger partial charge in [-0.2, -0.15) is 0 Å². The van der Waals surface area contributed by atoms with Crippen LogP contribution in [-0.4, -0.2) is 78.5 Å². The summed E-state index contributed by atoms with van der Waals surface area (Å²) in [5, 5.41) is 65.9. The van der Waals surface area contributed by atoms with Gasteiger partial charge in [0.2, 0.25) is 11.6 Å². The molecule has 0 saturated heterocycles. The molecule has 0 amide bonds. The van der Waals surface area contributed by atoms with E-state index in [4.69, 9.17) is 18.9 Å². The molecule has 18 heteroatoms. The number of carboxylic acid groups (broad SMARTS) is 2. The summed E-state index contributed by atoms with van der Waals surface area (Å²) in [6.45, 7) is 4.47. The first-order chi connectivity index (χ1) is 20.1. The molecule has 0 saturated carbocycles. The van der Waals surface area contributed by atoms with Crippen LogP contribution >= 0.6 is 47.0 Å². The van der Waals surface area contributed by atoms with Crippen molar-refractivity contribution in [2.24, 2.45) is 0 Å². The molecule has 2 aromatic carbocycles. The predicted octanol–water partition coefficient (Wildman–Crippen LogP) is -5.22. The van der Waals surface area contributed by atoms with Crippen molar-refractivity contribution in [3.63, 3.8) is 0 Å². The van der Waals surface area contributed by atoms with E-state index in [1.54, 1.807) is 27.7 Å². The first-order valence-corrected chi connectivity index (χ1v) is 16.2. The molecule has 0 aliphatic carbocycles. The van der Waals surface area contributed by atoms with Crippen molar-refractivity contribution in [1.82, 2.24) is 0 Å². The number of fused-ring (bicyclic) bond motifs is 4. The Balaban J connectivity index is 0.00000230. The summed E-state index contributed by atoms with van der Waals surface area (Å²) in [6, 6.07) is 0. The van der Waals surface area contributed by atoms with Gasteiger partial charge in [-0.15, -0.1) is 47.0 Å². The van der Waals surface area contributed by atoms with Crippen molar-refractivity contribution in [2.75, 3.05) is 26.4 Å². The van der Waals surface area contributed by atoms with Gasteiger partial charge in [0, 0.05) is 64.8 Å². The summed E-state index contributed by atoms with van der Waals surface area (Å²) in [5.41, 5.74) is 0.343. The second-order valence-electron chi connectivity index (χ2n) is 11.2. The van der Waals surface area contributed by atoms with Crippen molar-refractivity contribution in [1.29, 1.82) is 0 Å². The molecule has 4 aliphatic rings. The van der Waals surface area contributed by atoms with E-state index in [9.17, 15) is 40.2 Å². The fourth-order valence-electron chi connectivity index (χ4n) is 5.27. The van der Waals surface area contributed by atoms with E-state index < -0.39 is 58.1 Å². The molecule has 2 aromatic rings. The third-order valence-corrected chi connectivity index (χ3v) is 13.4. The van der Waals surface area contributed by atoms with Crippen molar-refractivity contribution < 1.29 is 118 Å². The Morgan fingerprint density at radius 1 is 0.578 bits per heavy atom. The second-order valence-corrected chi connectivity index (χ2v) is 17.3. The zero-order valence-corrected chi connectivity index (χ0v) is 32.5. The van der Waals surface area contributed by atoms with Crippen molar-refractivity contribution >= 4 is 59.0 Å². The van der Waals surface area contributed by atoms with E-state index in [1.807, 2.05) is 0 Å². The quantitative estimate of drug-likeness (QED) is 0.189. The van der Waals surface area contributed by atoms with Gasteiger partial charge < -0.3 is 59.2 Å². The summed E-state index contributed by atoms with van der Waals surface area (Å²) < 4.78 is 21.6. The number of carbonyl (C=O) groups excluding carboxylic acids is 2. The van der Waals surface area contributed by atoms with E-state index in [0.29, 0.717) is 20.9 Å². The SMILES string of the molecule is CC1(C)Oc2c(Cc3c4c(c(C(=O)[O-])c5c3SC(CO)(CO)S5)SC(CO)(CO)S4)c3c(c(C(=O)[O-])c2O1)OC(C)(C)O3.[Na+].[Na+]. The number of ether oxygens (including phenoxy) is 4. The molecule has 4 N–H and O–H groups in total. The van der Waals surface area contributed by atoms with E-state index >= 15 is 0 Å². The van der Waals surface area contributed by atoms with Crippen LogP contribution in [0.3, 0.4) is 0 Å². The minimum atomic E-state index is -1.56. The normalized spacial score (nSPS) is 19.7. The molecule has 12 nitrogen and oxygen atoms in total. The van der Waals surface area contributed by atoms with Gasteiger partial charge >= 0.3 is 59.1 Å². The monoisotopic (exact) mass is 716 g/mol. The molecule has 232 valence electrons. The van der Waals surface area contributed by atoms with Gasteiger partial charge in [0.05, 0.1) is 43.9 Å². The number of rotatable bonds is 8. The molecule has 4 aliphatic heterocycles. The number of carbonyl (C=O) groups is 2. The Bertz CT molecular complexity index is 1500. The predicted molar refractivity (Wildman–Crippen MR) is 152 cm³/mol. The maximum atomic E-state index is 12.6. The van der Waals surface area contributed by atoms with Gasteiger partial charge in [-0.25, -0.2) is 0 Å². The molecule has 4 heterocycles. The summed E-state index contributed by atoms with van der Waals surface area (Å²) >= 11 is 4.18. The summed E-state index contributed by atoms with van der Waals surface area (Å²) in [6.07, 6.45) is -0.0319. The second kappa shape index (κ2) is 12.9. The van der Waals surface area contributed by atoms with E-state index in [0.717, 1.165) is 47.0 Å². The van der Waals surface area contributed by atoms with Crippen LogP contribution < -0.4 is 88.3 Å². The topological polar surface area (TPSA) is 198 Å². The Hall–Kier alpha value is -0.180. The Labute approximate surface area is 319 Å². The summed E-state index contributed by atoms with van der Waals surface area (Å²) in [7, 11) is 0. The zero-order valence-electron chi connectivity index (χ0n) is 25.2. The fourth-order valence-corrected chi connectivity index (χ4v) is 11.2. The van der Waals surface area contributed by atoms with Crippen molar-refractivity contribution in [3.05, 3.63) is 22.3 Å². The summed E-state index contributed by atoms with van der Waals surface area (Å²) in [5.74, 6) is -5.65. The summed E-state index contributed by atoms with van der Waals surface area (Å²) in [4.78, 5) is 26.3. The Morgan fingerprint density at radius 2 is 0.911 bits per heavy atom. The van der Waals surface area contributed by atoms with Crippen LogP contribution in [-0.2, 0) is 6.42 Å². The van der Waals surface area contributed by atoms with Crippen LogP contribution in [0.5, 0.6) is 23.0 Å². The molecule has 0 spiro atoms. The van der Waals surface area contributed by atoms with Crippen LogP contribution in [0, 0.1) is 0 Å². The van der Waals surface area contributed by atoms with Gasteiger partial charge in [-0.1, -0.05) is 0 Å². The van der Waals surface area contributed by atoms with Gasteiger partial charge in [-0.3, -0.25) is 0 Å². The molecule has 0 fully saturated rings. The molecule has 0 atom stereocenters.